The van der Waals surface area contributed by atoms with Crippen molar-refractivity contribution in [1.29, 1.82) is 0 Å². The van der Waals surface area contributed by atoms with Gasteiger partial charge in [0.15, 0.2) is 0 Å². The molecule has 2 aliphatic heterocycles. The fraction of sp³-hybridized carbons (Fsp3) is 0.571. The number of methoxy groups -OCH3 is 1. The predicted octanol–water partition coefficient (Wildman–Crippen LogP) is 1.10. The minimum absolute atomic E-state index is 0.00594. The van der Waals surface area contributed by atoms with Crippen LogP contribution in [0.3, 0.4) is 0 Å². The van der Waals surface area contributed by atoms with Gasteiger partial charge in [0.2, 0.25) is 0 Å². The minimum atomic E-state index is -0.0297. The monoisotopic (exact) mass is 262 g/mol. The van der Waals surface area contributed by atoms with Crippen LogP contribution < -0.4 is 0 Å². The topological polar surface area (TPSA) is 51.7 Å². The lowest BCUT2D eigenvalue weighted by Crippen LogP contribution is -2.44. The Kier molecular flexibility index (Phi) is 3.48. The molecule has 0 radical (unpaired) electrons. The molecule has 2 fully saturated rings. The van der Waals surface area contributed by atoms with Crippen molar-refractivity contribution >= 4 is 5.91 Å². The van der Waals surface area contributed by atoms with Crippen LogP contribution in [0.4, 0.5) is 0 Å². The lowest BCUT2D eigenvalue weighted by molar-refractivity contribution is -0.0639. The molecule has 0 aromatic carbocycles. The molecule has 0 saturated carbocycles. The van der Waals surface area contributed by atoms with Gasteiger partial charge in [-0.15, -0.1) is 0 Å². The van der Waals surface area contributed by atoms with Gasteiger partial charge in [-0.05, 0) is 25.0 Å². The molecule has 19 heavy (non-hydrogen) atoms. The summed E-state index contributed by atoms with van der Waals surface area (Å²) in [5.74, 6) is -0.0272. The van der Waals surface area contributed by atoms with Crippen molar-refractivity contribution in [3.05, 3.63) is 30.1 Å². The molecule has 0 unspecified atom stereocenters. The van der Waals surface area contributed by atoms with E-state index in [0.29, 0.717) is 12.2 Å². The van der Waals surface area contributed by atoms with Gasteiger partial charge in [0.25, 0.3) is 5.91 Å². The number of aromatic nitrogens is 1. The quantitative estimate of drug-likeness (QED) is 0.801. The Labute approximate surface area is 112 Å². The maximum Gasteiger partial charge on any atom is 0.272 e. The zero-order valence-corrected chi connectivity index (χ0v) is 11.0. The number of carbonyl (C=O) groups excluding carboxylic acids is 1. The first-order valence-electron chi connectivity index (χ1n) is 6.67. The summed E-state index contributed by atoms with van der Waals surface area (Å²) < 4.78 is 11.2. The van der Waals surface area contributed by atoms with Crippen molar-refractivity contribution in [2.75, 3.05) is 20.3 Å². The SMILES string of the molecule is CO[C@H]1CN(C(=O)c2ccccn2)[C@@H]2CCCO[C@H]12. The molecule has 0 N–H and O–H groups in total. The van der Waals surface area contributed by atoms with Gasteiger partial charge in [0, 0.05) is 19.9 Å². The molecule has 0 bridgehead atoms. The van der Waals surface area contributed by atoms with Crippen LogP contribution in [0, 0.1) is 0 Å². The summed E-state index contributed by atoms with van der Waals surface area (Å²) >= 11 is 0. The van der Waals surface area contributed by atoms with E-state index in [4.69, 9.17) is 9.47 Å². The Morgan fingerprint density at radius 2 is 2.42 bits per heavy atom. The Bertz CT molecular complexity index is 451. The fourth-order valence-corrected chi connectivity index (χ4v) is 2.99. The molecule has 1 aromatic heterocycles. The lowest BCUT2D eigenvalue weighted by atomic mass is 10.0. The van der Waals surface area contributed by atoms with E-state index in [1.807, 2.05) is 17.0 Å². The van der Waals surface area contributed by atoms with E-state index >= 15 is 0 Å². The number of carbonyl (C=O) groups is 1. The van der Waals surface area contributed by atoms with Gasteiger partial charge < -0.3 is 14.4 Å². The number of amides is 1. The highest BCUT2D eigenvalue weighted by Crippen LogP contribution is 2.31. The first-order valence-corrected chi connectivity index (χ1v) is 6.67. The Balaban J connectivity index is 1.82. The number of likely N-dealkylation sites (tertiary alicyclic amines) is 1. The van der Waals surface area contributed by atoms with Crippen molar-refractivity contribution in [3.8, 4) is 0 Å². The summed E-state index contributed by atoms with van der Waals surface area (Å²) in [6.07, 6.45) is 3.59. The second-order valence-corrected chi connectivity index (χ2v) is 4.99. The van der Waals surface area contributed by atoms with Crippen molar-refractivity contribution in [3.63, 3.8) is 0 Å². The molecular weight excluding hydrogens is 244 g/mol. The molecule has 102 valence electrons. The number of hydrogen-bond donors (Lipinski definition) is 0. The second kappa shape index (κ2) is 5.27. The lowest BCUT2D eigenvalue weighted by Gasteiger charge is -2.31. The van der Waals surface area contributed by atoms with Crippen molar-refractivity contribution in [1.82, 2.24) is 9.88 Å². The van der Waals surface area contributed by atoms with E-state index < -0.39 is 0 Å². The van der Waals surface area contributed by atoms with Crippen LogP contribution in [-0.4, -0.2) is 54.3 Å². The first-order chi connectivity index (χ1) is 9.31. The number of hydrogen-bond acceptors (Lipinski definition) is 4. The first kappa shape index (κ1) is 12.6. The normalized spacial score (nSPS) is 30.2. The van der Waals surface area contributed by atoms with Gasteiger partial charge in [0.05, 0.1) is 12.6 Å². The molecule has 2 aliphatic rings. The maximum atomic E-state index is 12.5. The molecule has 0 spiro atoms. The number of fused-ring (bicyclic) bond motifs is 1. The van der Waals surface area contributed by atoms with E-state index in [2.05, 4.69) is 4.98 Å². The van der Waals surface area contributed by atoms with Gasteiger partial charge in [-0.3, -0.25) is 9.78 Å². The highest BCUT2D eigenvalue weighted by Gasteiger charge is 2.46. The van der Waals surface area contributed by atoms with Gasteiger partial charge in [-0.25, -0.2) is 0 Å². The molecule has 3 heterocycles. The van der Waals surface area contributed by atoms with Crippen LogP contribution >= 0.6 is 0 Å². The van der Waals surface area contributed by atoms with E-state index in [1.54, 1.807) is 19.4 Å². The van der Waals surface area contributed by atoms with Crippen LogP contribution in [0.2, 0.25) is 0 Å². The third-order valence-electron chi connectivity index (χ3n) is 3.92. The van der Waals surface area contributed by atoms with Gasteiger partial charge in [0.1, 0.15) is 17.9 Å². The Hall–Kier alpha value is -1.46. The second-order valence-electron chi connectivity index (χ2n) is 4.99. The summed E-state index contributed by atoms with van der Waals surface area (Å²) in [4.78, 5) is 18.5. The van der Waals surface area contributed by atoms with Crippen LogP contribution in [-0.2, 0) is 9.47 Å². The minimum Gasteiger partial charge on any atom is -0.377 e. The average Bonchev–Trinajstić information content (AvgIpc) is 2.86. The van der Waals surface area contributed by atoms with Crippen molar-refractivity contribution in [2.45, 2.75) is 31.1 Å². The third kappa shape index (κ3) is 2.24. The molecular formula is C14H18N2O3. The number of ether oxygens (including phenoxy) is 2. The zero-order chi connectivity index (χ0) is 13.2. The molecule has 3 atom stereocenters. The predicted molar refractivity (Wildman–Crippen MR) is 68.8 cm³/mol. The van der Waals surface area contributed by atoms with Crippen LogP contribution in [0.25, 0.3) is 0 Å². The van der Waals surface area contributed by atoms with Gasteiger partial charge >= 0.3 is 0 Å². The molecule has 5 heteroatoms. The number of nitrogens with zero attached hydrogens (tertiary/aromatic N) is 2. The molecule has 5 nitrogen and oxygen atoms in total. The smallest absolute Gasteiger partial charge is 0.272 e. The van der Waals surface area contributed by atoms with E-state index in [0.717, 1.165) is 19.4 Å². The summed E-state index contributed by atoms with van der Waals surface area (Å²) in [5.41, 5.74) is 0.489. The summed E-state index contributed by atoms with van der Waals surface area (Å²) in [7, 11) is 1.68. The van der Waals surface area contributed by atoms with E-state index in [1.165, 1.54) is 0 Å². The molecule has 0 aliphatic carbocycles. The van der Waals surface area contributed by atoms with Gasteiger partial charge in [-0.2, -0.15) is 0 Å². The van der Waals surface area contributed by atoms with Crippen molar-refractivity contribution in [2.24, 2.45) is 0 Å². The Morgan fingerprint density at radius 1 is 1.53 bits per heavy atom. The van der Waals surface area contributed by atoms with Crippen LogP contribution in [0.15, 0.2) is 24.4 Å². The zero-order valence-electron chi connectivity index (χ0n) is 11.0. The summed E-state index contributed by atoms with van der Waals surface area (Å²) in [6, 6.07) is 5.51. The molecule has 2 saturated heterocycles. The summed E-state index contributed by atoms with van der Waals surface area (Å²) in [6.45, 7) is 1.34. The summed E-state index contributed by atoms with van der Waals surface area (Å²) in [5, 5.41) is 0. The van der Waals surface area contributed by atoms with Gasteiger partial charge in [-0.1, -0.05) is 6.07 Å². The standard InChI is InChI=1S/C14H18N2O3/c1-18-12-9-16(11-6-4-8-19-13(11)12)14(17)10-5-2-3-7-15-10/h2-3,5,7,11-13H,4,6,8-9H2,1H3/t11-,12+,13+/m1/s1. The largest absolute Gasteiger partial charge is 0.377 e. The van der Waals surface area contributed by atoms with Crippen LogP contribution in [0.1, 0.15) is 23.3 Å². The number of rotatable bonds is 2. The van der Waals surface area contributed by atoms with E-state index in [9.17, 15) is 4.79 Å². The molecule has 3 rings (SSSR count). The van der Waals surface area contributed by atoms with E-state index in [-0.39, 0.29) is 24.2 Å². The fourth-order valence-electron chi connectivity index (χ4n) is 2.99. The Morgan fingerprint density at radius 3 is 3.16 bits per heavy atom. The maximum absolute atomic E-state index is 12.5. The highest BCUT2D eigenvalue weighted by atomic mass is 16.5. The van der Waals surface area contributed by atoms with Crippen molar-refractivity contribution < 1.29 is 14.3 Å². The highest BCUT2D eigenvalue weighted by molar-refractivity contribution is 5.92. The third-order valence-corrected chi connectivity index (χ3v) is 3.92. The molecule has 1 aromatic rings. The van der Waals surface area contributed by atoms with Crippen LogP contribution in [0.5, 0.6) is 0 Å². The molecule has 1 amide bonds. The average molecular weight is 262 g/mol. The number of pyridine rings is 1.